The summed E-state index contributed by atoms with van der Waals surface area (Å²) in [4.78, 5) is 14.8. The maximum Gasteiger partial charge on any atom is 0.337 e. The number of rotatable bonds is 5. The first-order valence-electron chi connectivity index (χ1n) is 6.15. The molecule has 1 fully saturated rings. The van der Waals surface area contributed by atoms with Crippen LogP contribution in [0.5, 0.6) is 0 Å². The van der Waals surface area contributed by atoms with E-state index in [1.54, 1.807) is 19.2 Å². The van der Waals surface area contributed by atoms with E-state index in [4.69, 9.17) is 9.84 Å². The molecule has 2 N–H and O–H groups in total. The second-order valence-corrected chi connectivity index (χ2v) is 4.54. The molecule has 5 nitrogen and oxygen atoms in total. The number of carboxylic acids is 1. The summed E-state index contributed by atoms with van der Waals surface area (Å²) in [6.45, 7) is 0.643. The molecule has 1 aromatic heterocycles. The van der Waals surface area contributed by atoms with Crippen LogP contribution in [0.25, 0.3) is 0 Å². The summed E-state index contributed by atoms with van der Waals surface area (Å²) in [5.74, 6) is -0.947. The first-order valence-corrected chi connectivity index (χ1v) is 6.15. The minimum atomic E-state index is -0.947. The number of aromatic nitrogens is 1. The van der Waals surface area contributed by atoms with Gasteiger partial charge in [0.05, 0.1) is 17.4 Å². The largest absolute Gasteiger partial charge is 0.478 e. The number of carbonyl (C=O) groups is 1. The van der Waals surface area contributed by atoms with Gasteiger partial charge in [-0.1, -0.05) is 0 Å². The second-order valence-electron chi connectivity index (χ2n) is 4.54. The van der Waals surface area contributed by atoms with Gasteiger partial charge in [-0.3, -0.25) is 4.98 Å². The Morgan fingerprint density at radius 2 is 2.39 bits per heavy atom. The van der Waals surface area contributed by atoms with E-state index in [1.165, 1.54) is 12.6 Å². The van der Waals surface area contributed by atoms with Gasteiger partial charge in [0.1, 0.15) is 0 Å². The lowest BCUT2D eigenvalue weighted by Gasteiger charge is -2.19. The van der Waals surface area contributed by atoms with E-state index >= 15 is 0 Å². The quantitative estimate of drug-likeness (QED) is 0.827. The van der Waals surface area contributed by atoms with Crippen LogP contribution in [-0.4, -0.2) is 35.3 Å². The number of nitrogens with zero attached hydrogens (tertiary/aromatic N) is 1. The van der Waals surface area contributed by atoms with Gasteiger partial charge in [-0.05, 0) is 31.4 Å². The standard InChI is InChI=1S/C13H18N2O3/c1-18-12-4-2-3-11(12)15-8-10-6-5-9(7-14-10)13(16)17/h5-7,11-12,15H,2-4,8H2,1H3,(H,16,17). The Morgan fingerprint density at radius 3 is 3.00 bits per heavy atom. The Bertz CT molecular complexity index is 405. The first kappa shape index (κ1) is 13.0. The third-order valence-electron chi connectivity index (χ3n) is 3.37. The minimum Gasteiger partial charge on any atom is -0.478 e. The van der Waals surface area contributed by atoms with Crippen LogP contribution in [0.2, 0.25) is 0 Å². The maximum atomic E-state index is 10.7. The fourth-order valence-electron chi connectivity index (χ4n) is 2.33. The molecule has 98 valence electrons. The highest BCUT2D eigenvalue weighted by molar-refractivity contribution is 5.87. The second kappa shape index (κ2) is 5.93. The molecular weight excluding hydrogens is 232 g/mol. The normalized spacial score (nSPS) is 23.2. The van der Waals surface area contributed by atoms with Gasteiger partial charge in [0, 0.05) is 25.9 Å². The third-order valence-corrected chi connectivity index (χ3v) is 3.37. The third kappa shape index (κ3) is 3.05. The lowest BCUT2D eigenvalue weighted by molar-refractivity contribution is 0.0696. The van der Waals surface area contributed by atoms with Gasteiger partial charge in [-0.25, -0.2) is 4.79 Å². The molecule has 1 aromatic rings. The first-order chi connectivity index (χ1) is 8.70. The van der Waals surface area contributed by atoms with E-state index < -0.39 is 5.97 Å². The molecule has 0 saturated heterocycles. The van der Waals surface area contributed by atoms with Gasteiger partial charge in [-0.2, -0.15) is 0 Å². The number of nitrogens with one attached hydrogen (secondary N) is 1. The zero-order chi connectivity index (χ0) is 13.0. The van der Waals surface area contributed by atoms with Crippen molar-refractivity contribution in [3.63, 3.8) is 0 Å². The zero-order valence-electron chi connectivity index (χ0n) is 10.4. The van der Waals surface area contributed by atoms with Gasteiger partial charge in [0.25, 0.3) is 0 Å². The van der Waals surface area contributed by atoms with Crippen molar-refractivity contribution < 1.29 is 14.6 Å². The molecule has 5 heteroatoms. The lowest BCUT2D eigenvalue weighted by Crippen LogP contribution is -2.36. The number of aromatic carboxylic acids is 1. The van der Waals surface area contributed by atoms with Crippen LogP contribution in [0.4, 0.5) is 0 Å². The van der Waals surface area contributed by atoms with Gasteiger partial charge in [0.15, 0.2) is 0 Å². The molecular formula is C13H18N2O3. The number of ether oxygens (including phenoxy) is 1. The molecule has 0 amide bonds. The van der Waals surface area contributed by atoms with Crippen molar-refractivity contribution in [2.24, 2.45) is 0 Å². The Balaban J connectivity index is 1.88. The van der Waals surface area contributed by atoms with Crippen LogP contribution in [0.1, 0.15) is 35.3 Å². The van der Waals surface area contributed by atoms with E-state index in [1.807, 2.05) is 0 Å². The van der Waals surface area contributed by atoms with Crippen LogP contribution in [0, 0.1) is 0 Å². The fraction of sp³-hybridized carbons (Fsp3) is 0.538. The molecule has 1 saturated carbocycles. The van der Waals surface area contributed by atoms with Gasteiger partial charge in [-0.15, -0.1) is 0 Å². The average Bonchev–Trinajstić information content (AvgIpc) is 2.84. The highest BCUT2D eigenvalue weighted by Crippen LogP contribution is 2.21. The molecule has 2 rings (SSSR count). The molecule has 18 heavy (non-hydrogen) atoms. The van der Waals surface area contributed by atoms with Gasteiger partial charge in [0.2, 0.25) is 0 Å². The Morgan fingerprint density at radius 1 is 1.56 bits per heavy atom. The summed E-state index contributed by atoms with van der Waals surface area (Å²) in [6.07, 6.45) is 5.07. The molecule has 2 atom stereocenters. The van der Waals surface area contributed by atoms with Crippen molar-refractivity contribution in [1.82, 2.24) is 10.3 Å². The summed E-state index contributed by atoms with van der Waals surface area (Å²) < 4.78 is 5.40. The fourth-order valence-corrected chi connectivity index (χ4v) is 2.33. The van der Waals surface area contributed by atoms with E-state index in [0.29, 0.717) is 12.6 Å². The van der Waals surface area contributed by atoms with Crippen molar-refractivity contribution in [3.8, 4) is 0 Å². The summed E-state index contributed by atoms with van der Waals surface area (Å²) in [6, 6.07) is 3.69. The summed E-state index contributed by atoms with van der Waals surface area (Å²) in [5.41, 5.74) is 1.07. The molecule has 1 aliphatic carbocycles. The number of hydrogen-bond donors (Lipinski definition) is 2. The Hall–Kier alpha value is -1.46. The number of carboxylic acid groups (broad SMARTS) is 1. The SMILES string of the molecule is COC1CCCC1NCc1ccc(C(=O)O)cn1. The van der Waals surface area contributed by atoms with E-state index in [9.17, 15) is 4.79 Å². The van der Waals surface area contributed by atoms with Crippen molar-refractivity contribution in [3.05, 3.63) is 29.6 Å². The highest BCUT2D eigenvalue weighted by atomic mass is 16.5. The van der Waals surface area contributed by atoms with Crippen LogP contribution < -0.4 is 5.32 Å². The summed E-state index contributed by atoms with van der Waals surface area (Å²) in [7, 11) is 1.74. The van der Waals surface area contributed by atoms with Crippen molar-refractivity contribution in [1.29, 1.82) is 0 Å². The molecule has 0 radical (unpaired) electrons. The van der Waals surface area contributed by atoms with Gasteiger partial charge < -0.3 is 15.2 Å². The predicted molar refractivity (Wildman–Crippen MR) is 66.5 cm³/mol. The predicted octanol–water partition coefficient (Wildman–Crippen LogP) is 1.44. The van der Waals surface area contributed by atoms with Crippen LogP contribution in [0.15, 0.2) is 18.3 Å². The maximum absolute atomic E-state index is 10.7. The molecule has 1 aliphatic rings. The lowest BCUT2D eigenvalue weighted by atomic mass is 10.2. The number of hydrogen-bond acceptors (Lipinski definition) is 4. The molecule has 1 heterocycles. The zero-order valence-corrected chi connectivity index (χ0v) is 10.4. The van der Waals surface area contributed by atoms with E-state index in [-0.39, 0.29) is 11.7 Å². The van der Waals surface area contributed by atoms with Crippen LogP contribution >= 0.6 is 0 Å². The van der Waals surface area contributed by atoms with Crippen molar-refractivity contribution in [2.45, 2.75) is 38.0 Å². The highest BCUT2D eigenvalue weighted by Gasteiger charge is 2.26. The number of pyridine rings is 1. The van der Waals surface area contributed by atoms with Gasteiger partial charge >= 0.3 is 5.97 Å². The Labute approximate surface area is 106 Å². The number of methoxy groups -OCH3 is 1. The topological polar surface area (TPSA) is 71.5 Å². The molecule has 0 bridgehead atoms. The van der Waals surface area contributed by atoms with Crippen LogP contribution in [0.3, 0.4) is 0 Å². The molecule has 0 aromatic carbocycles. The van der Waals surface area contributed by atoms with E-state index in [0.717, 1.165) is 18.5 Å². The van der Waals surface area contributed by atoms with Crippen LogP contribution in [-0.2, 0) is 11.3 Å². The smallest absolute Gasteiger partial charge is 0.337 e. The summed E-state index contributed by atoms with van der Waals surface area (Å²) in [5, 5.41) is 12.2. The van der Waals surface area contributed by atoms with E-state index in [2.05, 4.69) is 10.3 Å². The monoisotopic (exact) mass is 250 g/mol. The Kier molecular flexibility index (Phi) is 4.28. The summed E-state index contributed by atoms with van der Waals surface area (Å²) >= 11 is 0. The molecule has 0 spiro atoms. The van der Waals surface area contributed by atoms with Crippen molar-refractivity contribution >= 4 is 5.97 Å². The molecule has 2 unspecified atom stereocenters. The average molecular weight is 250 g/mol. The van der Waals surface area contributed by atoms with Crippen molar-refractivity contribution in [2.75, 3.05) is 7.11 Å². The minimum absolute atomic E-state index is 0.217. The molecule has 0 aliphatic heterocycles.